The van der Waals surface area contributed by atoms with Crippen LogP contribution in [0, 0.1) is 11.8 Å². The molecule has 0 aliphatic heterocycles. The largest absolute Gasteiger partial charge is 0.481 e. The number of rotatable bonds is 14. The van der Waals surface area contributed by atoms with E-state index >= 15 is 0 Å². The topological polar surface area (TPSA) is 72.3 Å². The summed E-state index contributed by atoms with van der Waals surface area (Å²) in [5, 5.41) is 9.52. The average Bonchev–Trinajstić information content (AvgIpc) is 2.90. The minimum atomic E-state index is -0.870. The highest BCUT2D eigenvalue weighted by molar-refractivity contribution is 5.75. The molecule has 36 heavy (non-hydrogen) atoms. The van der Waals surface area contributed by atoms with Crippen molar-refractivity contribution >= 4 is 5.97 Å². The van der Waals surface area contributed by atoms with Crippen molar-refractivity contribution in [1.82, 2.24) is 9.97 Å². The third kappa shape index (κ3) is 7.36. The number of carbonyl (C=O) groups is 1. The lowest BCUT2D eigenvalue weighted by Crippen LogP contribution is -2.33. The molecule has 1 aliphatic carbocycles. The van der Waals surface area contributed by atoms with Crippen molar-refractivity contribution in [1.29, 1.82) is 0 Å². The van der Waals surface area contributed by atoms with E-state index in [1.807, 2.05) is 48.8 Å². The van der Waals surface area contributed by atoms with Crippen LogP contribution >= 0.6 is 0 Å². The fourth-order valence-corrected chi connectivity index (χ4v) is 4.61. The Morgan fingerprint density at radius 1 is 1.03 bits per heavy atom. The third-order valence-corrected chi connectivity index (χ3v) is 7.16. The van der Waals surface area contributed by atoms with Gasteiger partial charge in [0.05, 0.1) is 12.0 Å². The molecule has 0 saturated heterocycles. The van der Waals surface area contributed by atoms with Crippen molar-refractivity contribution in [3.63, 3.8) is 0 Å². The van der Waals surface area contributed by atoms with Gasteiger partial charge in [0.1, 0.15) is 5.60 Å². The van der Waals surface area contributed by atoms with Crippen LogP contribution in [0.3, 0.4) is 0 Å². The number of aliphatic carboxylic acids is 1. The summed E-state index contributed by atoms with van der Waals surface area (Å²) in [5.41, 5.74) is 2.09. The maximum absolute atomic E-state index is 11.6. The van der Waals surface area contributed by atoms with Crippen molar-refractivity contribution in [3.05, 3.63) is 72.1 Å². The number of nitrogens with zero attached hydrogens (tertiary/aromatic N) is 2. The lowest BCUT2D eigenvalue weighted by molar-refractivity contribution is -0.138. The molecule has 0 amide bonds. The summed E-state index contributed by atoms with van der Waals surface area (Å²) in [5.74, 6) is -0.187. The fraction of sp³-hybridized carbons (Fsp3) is 0.516. The molecule has 1 aromatic carbocycles. The second-order valence-electron chi connectivity index (χ2n) is 10.2. The van der Waals surface area contributed by atoms with Gasteiger partial charge in [0.25, 0.3) is 0 Å². The molecule has 0 saturated carbocycles. The molecule has 1 aromatic heterocycles. The fourth-order valence-electron chi connectivity index (χ4n) is 4.61. The Hall–Kier alpha value is -2.79. The molecule has 0 bridgehead atoms. The lowest BCUT2D eigenvalue weighted by atomic mass is 9.83. The molecule has 0 unspecified atom stereocenters. The van der Waals surface area contributed by atoms with Crippen LogP contribution in [0.1, 0.15) is 83.8 Å². The average molecular weight is 491 g/mol. The summed E-state index contributed by atoms with van der Waals surface area (Å²) in [7, 11) is 0. The van der Waals surface area contributed by atoms with E-state index in [-0.39, 0.29) is 6.10 Å². The molecule has 5 heteroatoms. The van der Waals surface area contributed by atoms with Gasteiger partial charge < -0.3 is 9.84 Å². The van der Waals surface area contributed by atoms with Gasteiger partial charge in [0, 0.05) is 23.5 Å². The molecule has 0 radical (unpaired) electrons. The van der Waals surface area contributed by atoms with Gasteiger partial charge in [0.15, 0.2) is 5.82 Å². The number of aromatic nitrogens is 2. The van der Waals surface area contributed by atoms with Crippen molar-refractivity contribution in [3.8, 4) is 11.4 Å². The zero-order chi connectivity index (χ0) is 26.0. The van der Waals surface area contributed by atoms with E-state index in [0.29, 0.717) is 11.7 Å². The summed E-state index contributed by atoms with van der Waals surface area (Å²) in [6.45, 7) is 8.81. The predicted octanol–water partition coefficient (Wildman–Crippen LogP) is 7.52. The van der Waals surface area contributed by atoms with Gasteiger partial charge in [-0.15, -0.1) is 0 Å². The number of carboxylic acid groups (broad SMARTS) is 1. The molecule has 194 valence electrons. The summed E-state index contributed by atoms with van der Waals surface area (Å²) >= 11 is 0. The lowest BCUT2D eigenvalue weighted by Gasteiger charge is -2.35. The first-order chi connectivity index (χ1) is 17.4. The molecule has 1 heterocycles. The maximum Gasteiger partial charge on any atom is 0.314 e. The highest BCUT2D eigenvalue weighted by Gasteiger charge is 2.35. The number of hydrogen-bond acceptors (Lipinski definition) is 4. The number of carboxylic acids is 1. The van der Waals surface area contributed by atoms with E-state index in [2.05, 4.69) is 27.7 Å². The van der Waals surface area contributed by atoms with Crippen LogP contribution in [0.15, 0.2) is 61.0 Å². The van der Waals surface area contributed by atoms with Crippen molar-refractivity contribution in [2.24, 2.45) is 11.8 Å². The highest BCUT2D eigenvalue weighted by atomic mass is 16.5. The van der Waals surface area contributed by atoms with E-state index in [0.717, 1.165) is 42.4 Å². The number of aryl methyl sites for hydroxylation is 1. The van der Waals surface area contributed by atoms with Crippen LogP contribution in [-0.2, 0) is 21.6 Å². The zero-order valence-electron chi connectivity index (χ0n) is 22.3. The smallest absolute Gasteiger partial charge is 0.314 e. The van der Waals surface area contributed by atoms with Gasteiger partial charge in [-0.3, -0.25) is 4.79 Å². The summed E-state index contributed by atoms with van der Waals surface area (Å²) < 4.78 is 6.71. The van der Waals surface area contributed by atoms with Gasteiger partial charge in [-0.1, -0.05) is 89.3 Å². The molecule has 0 fully saturated rings. The minimum absolute atomic E-state index is 0.00874. The van der Waals surface area contributed by atoms with Gasteiger partial charge in [0.2, 0.25) is 0 Å². The summed E-state index contributed by atoms with van der Waals surface area (Å²) in [6, 6.07) is 8.03. The molecule has 0 spiro atoms. The Labute approximate surface area is 216 Å². The van der Waals surface area contributed by atoms with E-state index in [1.54, 1.807) is 12.2 Å². The Balaban J connectivity index is 1.90. The first-order valence-corrected chi connectivity index (χ1v) is 13.6. The van der Waals surface area contributed by atoms with Crippen LogP contribution in [0.2, 0.25) is 0 Å². The molecular formula is C31H42N2O3. The van der Waals surface area contributed by atoms with E-state index < -0.39 is 17.5 Å². The van der Waals surface area contributed by atoms with Gasteiger partial charge in [-0.05, 0) is 49.8 Å². The van der Waals surface area contributed by atoms with E-state index in [1.165, 1.54) is 25.7 Å². The Bertz CT molecular complexity index is 1010. The number of ether oxygens (including phenoxy) is 1. The number of hydrogen-bond donors (Lipinski definition) is 1. The van der Waals surface area contributed by atoms with Crippen LogP contribution < -0.4 is 0 Å². The second kappa shape index (κ2) is 13.5. The standard InChI is InChI=1S/C31H42N2O3/c1-5-7-8-9-12-24(4)36-31(19-17-26(18-20-31)30(34)35)28-14-11-10-13-27(28)29-32-21-25(22-33-29)16-15-23(3)6-2/h10-11,13-14,17-24,26H,5-9,12,15-16H2,1-4H3,(H,34,35)/t23-,24+,26?,31?/m0/s1. The molecule has 2 atom stereocenters. The maximum atomic E-state index is 11.6. The Morgan fingerprint density at radius 3 is 2.36 bits per heavy atom. The van der Waals surface area contributed by atoms with Gasteiger partial charge in [-0.2, -0.15) is 0 Å². The quantitative estimate of drug-likeness (QED) is 0.219. The minimum Gasteiger partial charge on any atom is -0.481 e. The molecule has 2 aromatic rings. The SMILES string of the molecule is CCCCCC[C@@H](C)OC1(c2ccccc2-c2ncc(CC[C@@H](C)CC)cn2)C=CC(C(=O)O)C=C1. The Kier molecular flexibility index (Phi) is 10.4. The highest BCUT2D eigenvalue weighted by Crippen LogP contribution is 2.40. The van der Waals surface area contributed by atoms with Crippen molar-refractivity contribution in [2.45, 2.75) is 90.8 Å². The monoisotopic (exact) mass is 490 g/mol. The van der Waals surface area contributed by atoms with E-state index in [9.17, 15) is 9.90 Å². The molecular weight excluding hydrogens is 448 g/mol. The Morgan fingerprint density at radius 2 is 1.72 bits per heavy atom. The predicted molar refractivity (Wildman–Crippen MR) is 146 cm³/mol. The molecule has 5 nitrogen and oxygen atoms in total. The van der Waals surface area contributed by atoms with Crippen LogP contribution in [0.5, 0.6) is 0 Å². The third-order valence-electron chi connectivity index (χ3n) is 7.16. The number of unbranched alkanes of at least 4 members (excludes halogenated alkanes) is 3. The summed E-state index contributed by atoms with van der Waals surface area (Å²) in [4.78, 5) is 21.0. The van der Waals surface area contributed by atoms with Crippen molar-refractivity contribution in [2.75, 3.05) is 0 Å². The molecule has 1 aliphatic rings. The van der Waals surface area contributed by atoms with Crippen molar-refractivity contribution < 1.29 is 14.6 Å². The van der Waals surface area contributed by atoms with Crippen LogP contribution in [0.4, 0.5) is 0 Å². The van der Waals surface area contributed by atoms with Crippen LogP contribution in [-0.4, -0.2) is 27.1 Å². The normalized spacial score (nSPS) is 20.8. The van der Waals surface area contributed by atoms with E-state index in [4.69, 9.17) is 14.7 Å². The first-order valence-electron chi connectivity index (χ1n) is 13.6. The van der Waals surface area contributed by atoms with Crippen LogP contribution in [0.25, 0.3) is 11.4 Å². The summed E-state index contributed by atoms with van der Waals surface area (Å²) in [6.07, 6.45) is 20.1. The molecule has 3 rings (SSSR count). The zero-order valence-corrected chi connectivity index (χ0v) is 22.3. The number of benzene rings is 1. The first kappa shape index (κ1) is 27.8. The second-order valence-corrected chi connectivity index (χ2v) is 10.2. The molecule has 1 N–H and O–H groups in total. The van der Waals surface area contributed by atoms with Gasteiger partial charge >= 0.3 is 5.97 Å². The van der Waals surface area contributed by atoms with Gasteiger partial charge in [-0.25, -0.2) is 9.97 Å².